The largest absolute Gasteiger partial charge is 0.0654 e. The second kappa shape index (κ2) is 11.5. The lowest BCUT2D eigenvalue weighted by atomic mass is 9.94. The van der Waals surface area contributed by atoms with Crippen molar-refractivity contribution in [2.75, 3.05) is 0 Å². The Hall–Kier alpha value is 0. The van der Waals surface area contributed by atoms with Gasteiger partial charge in [-0.1, -0.05) is 91.9 Å². The zero-order valence-corrected chi connectivity index (χ0v) is 12.2. The van der Waals surface area contributed by atoms with Gasteiger partial charge in [0.2, 0.25) is 0 Å². The molecule has 0 aromatic carbocycles. The van der Waals surface area contributed by atoms with Crippen molar-refractivity contribution in [2.24, 2.45) is 11.8 Å². The van der Waals surface area contributed by atoms with E-state index < -0.39 is 0 Å². The molecule has 0 heteroatoms. The minimum Gasteiger partial charge on any atom is -0.0654 e. The first-order valence-electron chi connectivity index (χ1n) is 7.70. The molecule has 0 bridgehead atoms. The third kappa shape index (κ3) is 10.5. The highest BCUT2D eigenvalue weighted by atomic mass is 14.1. The second-order valence-electron chi connectivity index (χ2n) is 5.78. The van der Waals surface area contributed by atoms with Gasteiger partial charge in [0.1, 0.15) is 0 Å². The maximum Gasteiger partial charge on any atom is -0.0443 e. The van der Waals surface area contributed by atoms with E-state index in [1.54, 1.807) is 0 Å². The monoisotopic (exact) mass is 226 g/mol. The maximum atomic E-state index is 2.43. The smallest absolute Gasteiger partial charge is 0.0443 e. The van der Waals surface area contributed by atoms with Gasteiger partial charge in [-0.25, -0.2) is 0 Å². The van der Waals surface area contributed by atoms with Crippen molar-refractivity contribution in [2.45, 2.75) is 91.9 Å². The number of hydrogen-bond donors (Lipinski definition) is 0. The van der Waals surface area contributed by atoms with Crippen LogP contribution in [0.4, 0.5) is 0 Å². The van der Waals surface area contributed by atoms with Crippen LogP contribution in [0.2, 0.25) is 0 Å². The first-order valence-corrected chi connectivity index (χ1v) is 7.70. The Kier molecular flexibility index (Phi) is 11.5. The van der Waals surface area contributed by atoms with Crippen LogP contribution in [0.15, 0.2) is 0 Å². The molecule has 0 saturated carbocycles. The van der Waals surface area contributed by atoms with Crippen LogP contribution in [0.1, 0.15) is 91.9 Å². The van der Waals surface area contributed by atoms with Crippen LogP contribution >= 0.6 is 0 Å². The van der Waals surface area contributed by atoms with E-state index in [1.165, 1.54) is 64.2 Å². The van der Waals surface area contributed by atoms with Crippen molar-refractivity contribution in [3.05, 3.63) is 0 Å². The maximum absolute atomic E-state index is 2.43. The quantitative estimate of drug-likeness (QED) is 0.368. The summed E-state index contributed by atoms with van der Waals surface area (Å²) in [7, 11) is 0. The van der Waals surface area contributed by atoms with Crippen molar-refractivity contribution in [1.82, 2.24) is 0 Å². The predicted octanol–water partition coefficient (Wildman–Crippen LogP) is 6.20. The van der Waals surface area contributed by atoms with Gasteiger partial charge < -0.3 is 0 Å². The van der Waals surface area contributed by atoms with E-state index in [-0.39, 0.29) is 0 Å². The summed E-state index contributed by atoms with van der Waals surface area (Å²) in [6, 6.07) is 0. The normalized spacial score (nSPS) is 15.0. The van der Waals surface area contributed by atoms with Gasteiger partial charge >= 0.3 is 0 Å². The van der Waals surface area contributed by atoms with Gasteiger partial charge in [-0.2, -0.15) is 0 Å². The first kappa shape index (κ1) is 16.0. The third-order valence-electron chi connectivity index (χ3n) is 3.74. The SMILES string of the molecule is CCCCC(C)CCCCC(C)CCCC. The number of rotatable bonds is 11. The van der Waals surface area contributed by atoms with E-state index in [4.69, 9.17) is 0 Å². The van der Waals surface area contributed by atoms with Crippen LogP contribution in [0.25, 0.3) is 0 Å². The first-order chi connectivity index (χ1) is 7.70. The summed E-state index contributed by atoms with van der Waals surface area (Å²) >= 11 is 0. The predicted molar refractivity (Wildman–Crippen MR) is 75.8 cm³/mol. The topological polar surface area (TPSA) is 0 Å². The molecule has 98 valence electrons. The van der Waals surface area contributed by atoms with Crippen molar-refractivity contribution in [3.8, 4) is 0 Å². The molecule has 0 aliphatic rings. The molecule has 0 radical (unpaired) electrons. The summed E-state index contributed by atoms with van der Waals surface area (Å²) < 4.78 is 0. The van der Waals surface area contributed by atoms with E-state index in [2.05, 4.69) is 27.7 Å². The molecule has 0 aliphatic carbocycles. The van der Waals surface area contributed by atoms with Crippen LogP contribution < -0.4 is 0 Å². The highest BCUT2D eigenvalue weighted by Gasteiger charge is 2.04. The van der Waals surface area contributed by atoms with Gasteiger partial charge in [0.15, 0.2) is 0 Å². The Labute approximate surface area is 104 Å². The average Bonchev–Trinajstić information content (AvgIpc) is 2.29. The van der Waals surface area contributed by atoms with E-state index in [1.807, 2.05) is 0 Å². The zero-order chi connectivity index (χ0) is 12.2. The Morgan fingerprint density at radius 3 is 1.19 bits per heavy atom. The molecular formula is C16H34. The molecule has 0 aromatic heterocycles. The standard InChI is InChI=1S/C16H34/c1-5-7-11-15(3)13-9-10-14-16(4)12-8-6-2/h15-16H,5-14H2,1-4H3. The van der Waals surface area contributed by atoms with Crippen molar-refractivity contribution in [1.29, 1.82) is 0 Å². The van der Waals surface area contributed by atoms with E-state index >= 15 is 0 Å². The molecule has 0 aromatic rings. The number of hydrogen-bond acceptors (Lipinski definition) is 0. The van der Waals surface area contributed by atoms with Crippen molar-refractivity contribution >= 4 is 0 Å². The summed E-state index contributed by atoms with van der Waals surface area (Å²) in [6.07, 6.45) is 14.3. The van der Waals surface area contributed by atoms with Crippen LogP contribution in [-0.2, 0) is 0 Å². The molecule has 0 amide bonds. The Morgan fingerprint density at radius 1 is 0.562 bits per heavy atom. The minimum absolute atomic E-state index is 0.964. The molecule has 0 N–H and O–H groups in total. The molecule has 0 spiro atoms. The van der Waals surface area contributed by atoms with Gasteiger partial charge in [-0.15, -0.1) is 0 Å². The zero-order valence-electron chi connectivity index (χ0n) is 12.2. The van der Waals surface area contributed by atoms with Gasteiger partial charge in [0.05, 0.1) is 0 Å². The third-order valence-corrected chi connectivity index (χ3v) is 3.74. The molecule has 0 nitrogen and oxygen atoms in total. The van der Waals surface area contributed by atoms with Gasteiger partial charge in [0.25, 0.3) is 0 Å². The minimum atomic E-state index is 0.964. The van der Waals surface area contributed by atoms with Crippen LogP contribution in [0.5, 0.6) is 0 Å². The Balaban J connectivity index is 3.24. The fourth-order valence-corrected chi connectivity index (χ4v) is 2.38. The molecule has 0 saturated heterocycles. The van der Waals surface area contributed by atoms with Gasteiger partial charge in [-0.3, -0.25) is 0 Å². The summed E-state index contributed by atoms with van der Waals surface area (Å²) in [5.41, 5.74) is 0. The molecule has 0 heterocycles. The van der Waals surface area contributed by atoms with Gasteiger partial charge in [0, 0.05) is 0 Å². The van der Waals surface area contributed by atoms with Crippen LogP contribution in [0, 0.1) is 11.8 Å². The lowest BCUT2D eigenvalue weighted by molar-refractivity contribution is 0.408. The van der Waals surface area contributed by atoms with E-state index in [9.17, 15) is 0 Å². The fourth-order valence-electron chi connectivity index (χ4n) is 2.38. The van der Waals surface area contributed by atoms with Crippen LogP contribution in [0.3, 0.4) is 0 Å². The number of unbranched alkanes of at least 4 members (excludes halogenated alkanes) is 3. The molecule has 0 aliphatic heterocycles. The summed E-state index contributed by atoms with van der Waals surface area (Å²) in [6.45, 7) is 9.44. The van der Waals surface area contributed by atoms with E-state index in [0.29, 0.717) is 0 Å². The van der Waals surface area contributed by atoms with Crippen molar-refractivity contribution in [3.63, 3.8) is 0 Å². The fraction of sp³-hybridized carbons (Fsp3) is 1.00. The lowest BCUT2D eigenvalue weighted by Gasteiger charge is -2.13. The lowest BCUT2D eigenvalue weighted by Crippen LogP contribution is -1.97. The van der Waals surface area contributed by atoms with E-state index in [0.717, 1.165) is 11.8 Å². The van der Waals surface area contributed by atoms with Crippen molar-refractivity contribution < 1.29 is 0 Å². The highest BCUT2D eigenvalue weighted by Crippen LogP contribution is 2.19. The molecule has 2 atom stereocenters. The highest BCUT2D eigenvalue weighted by molar-refractivity contribution is 4.57. The molecule has 16 heavy (non-hydrogen) atoms. The van der Waals surface area contributed by atoms with Gasteiger partial charge in [-0.05, 0) is 11.8 Å². The molecule has 0 rings (SSSR count). The van der Waals surface area contributed by atoms with Crippen LogP contribution in [-0.4, -0.2) is 0 Å². The summed E-state index contributed by atoms with van der Waals surface area (Å²) in [4.78, 5) is 0. The average molecular weight is 226 g/mol. The summed E-state index contributed by atoms with van der Waals surface area (Å²) in [5.74, 6) is 1.93. The molecule has 0 fully saturated rings. The Bertz CT molecular complexity index is 112. The molecule has 2 unspecified atom stereocenters. The molecular weight excluding hydrogens is 192 g/mol. The Morgan fingerprint density at radius 2 is 0.875 bits per heavy atom. The summed E-state index contributed by atoms with van der Waals surface area (Å²) in [5, 5.41) is 0. The second-order valence-corrected chi connectivity index (χ2v) is 5.78.